The van der Waals surface area contributed by atoms with Crippen LogP contribution in [0.3, 0.4) is 0 Å². The van der Waals surface area contributed by atoms with Gasteiger partial charge in [0.25, 0.3) is 5.91 Å². The van der Waals surface area contributed by atoms with Crippen LogP contribution in [0.25, 0.3) is 0 Å². The van der Waals surface area contributed by atoms with Crippen LogP contribution in [0.1, 0.15) is 83.3 Å². The molecule has 3 aliphatic heterocycles. The average molecular weight is 497 g/mol. The Morgan fingerprint density at radius 3 is 2.70 bits per heavy atom. The van der Waals surface area contributed by atoms with Gasteiger partial charge in [0.05, 0.1) is 25.5 Å². The van der Waals surface area contributed by atoms with Gasteiger partial charge in [0.15, 0.2) is 0 Å². The number of H-pyrrole nitrogens is 1. The molecular weight excluding hydrogens is 464 g/mol. The molecule has 5 aliphatic rings. The van der Waals surface area contributed by atoms with Gasteiger partial charge < -0.3 is 9.64 Å². The molecule has 5 heterocycles. The summed E-state index contributed by atoms with van der Waals surface area (Å²) in [5.74, 6) is 1.46. The summed E-state index contributed by atoms with van der Waals surface area (Å²) in [5, 5.41) is 7.00. The monoisotopic (exact) mass is 496 g/mol. The first-order chi connectivity index (χ1) is 18.0. The van der Waals surface area contributed by atoms with Crippen molar-refractivity contribution >= 4 is 11.6 Å². The number of carbonyl (C=O) groups excluding carboxylic acids is 1. The van der Waals surface area contributed by atoms with Crippen LogP contribution in [0.2, 0.25) is 0 Å². The summed E-state index contributed by atoms with van der Waals surface area (Å²) >= 11 is 0. The van der Waals surface area contributed by atoms with Crippen molar-refractivity contribution in [1.82, 2.24) is 25.1 Å². The number of carbonyl (C=O) groups is 1. The zero-order valence-electron chi connectivity index (χ0n) is 21.2. The second kappa shape index (κ2) is 7.71. The van der Waals surface area contributed by atoms with E-state index in [4.69, 9.17) is 9.72 Å². The third kappa shape index (κ3) is 3.49. The molecule has 0 bridgehead atoms. The van der Waals surface area contributed by atoms with Gasteiger partial charge in [-0.3, -0.25) is 19.8 Å². The van der Waals surface area contributed by atoms with Crippen LogP contribution in [0.5, 0.6) is 0 Å². The highest BCUT2D eigenvalue weighted by Crippen LogP contribution is 2.55. The lowest BCUT2D eigenvalue weighted by atomic mass is 9.75. The molecule has 8 heteroatoms. The Balaban J connectivity index is 1.10. The number of anilines is 1. The summed E-state index contributed by atoms with van der Waals surface area (Å²) in [4.78, 5) is 27.9. The van der Waals surface area contributed by atoms with Crippen LogP contribution in [0.4, 0.5) is 5.69 Å². The van der Waals surface area contributed by atoms with Gasteiger partial charge in [-0.1, -0.05) is 12.1 Å². The van der Waals surface area contributed by atoms with Crippen LogP contribution < -0.4 is 4.90 Å². The molecule has 4 fully saturated rings. The number of likely N-dealkylation sites (tertiary alicyclic amines) is 1. The predicted molar refractivity (Wildman–Crippen MR) is 137 cm³/mol. The van der Waals surface area contributed by atoms with E-state index in [1.165, 1.54) is 50.0 Å². The molecule has 0 radical (unpaired) electrons. The molecule has 190 valence electrons. The molecular formula is C29H32N6O2. The highest BCUT2D eigenvalue weighted by atomic mass is 16.5. The molecule has 8 nitrogen and oxygen atoms in total. The Morgan fingerprint density at radius 2 is 2.03 bits per heavy atom. The Hall–Kier alpha value is -3.10. The van der Waals surface area contributed by atoms with Crippen LogP contribution in [-0.4, -0.2) is 57.3 Å². The number of fused-ring (bicyclic) bond motifs is 1. The summed E-state index contributed by atoms with van der Waals surface area (Å²) < 4.78 is 5.66. The minimum Gasteiger partial charge on any atom is -0.379 e. The summed E-state index contributed by atoms with van der Waals surface area (Å²) in [7, 11) is 0. The standard InChI is InChI=1S/C29H32N6O2/c1-18(34-13-28(14-34)7-8-28)24-10-22-23(26(32-24)19-5-6-19)12-35(27(22)36)21-4-2-3-20(9-21)29(15-37-16-29)11-25-30-17-31-33-25/h2-4,9-10,17-19H,5-8,11-16H2,1H3,(H,30,31,33). The fourth-order valence-electron chi connectivity index (χ4n) is 6.59. The molecule has 8 rings (SSSR count). The largest absolute Gasteiger partial charge is 0.379 e. The summed E-state index contributed by atoms with van der Waals surface area (Å²) in [6, 6.07) is 10.8. The second-order valence-corrected chi connectivity index (χ2v) is 12.1. The summed E-state index contributed by atoms with van der Waals surface area (Å²) in [5.41, 5.74) is 6.81. The lowest BCUT2D eigenvalue weighted by Crippen LogP contribution is -2.49. The fraction of sp³-hybridized carbons (Fsp3) is 0.517. The van der Waals surface area contributed by atoms with Crippen LogP contribution in [0.15, 0.2) is 36.7 Å². The van der Waals surface area contributed by atoms with E-state index in [2.05, 4.69) is 57.3 Å². The number of hydrogen-bond acceptors (Lipinski definition) is 6. The van der Waals surface area contributed by atoms with Crippen molar-refractivity contribution in [3.63, 3.8) is 0 Å². The first kappa shape index (κ1) is 21.9. The second-order valence-electron chi connectivity index (χ2n) is 12.1. The molecule has 1 aromatic carbocycles. The van der Waals surface area contributed by atoms with E-state index in [0.717, 1.165) is 34.8 Å². The lowest BCUT2D eigenvalue weighted by Gasteiger charge is -2.43. The van der Waals surface area contributed by atoms with Crippen molar-refractivity contribution < 1.29 is 9.53 Å². The minimum atomic E-state index is -0.148. The number of benzene rings is 1. The molecule has 37 heavy (non-hydrogen) atoms. The summed E-state index contributed by atoms with van der Waals surface area (Å²) in [6.07, 6.45) is 7.39. The van der Waals surface area contributed by atoms with Crippen molar-refractivity contribution in [2.24, 2.45) is 5.41 Å². The predicted octanol–water partition coefficient (Wildman–Crippen LogP) is 3.91. The highest BCUT2D eigenvalue weighted by molar-refractivity contribution is 6.10. The van der Waals surface area contributed by atoms with Crippen molar-refractivity contribution in [1.29, 1.82) is 0 Å². The molecule has 2 aromatic heterocycles. The van der Waals surface area contributed by atoms with Crippen LogP contribution in [-0.2, 0) is 23.1 Å². The van der Waals surface area contributed by atoms with Gasteiger partial charge in [0, 0.05) is 59.4 Å². The van der Waals surface area contributed by atoms with E-state index in [1.54, 1.807) is 6.33 Å². The zero-order chi connectivity index (χ0) is 24.8. The zero-order valence-corrected chi connectivity index (χ0v) is 21.2. The first-order valence-electron chi connectivity index (χ1n) is 13.6. The highest BCUT2D eigenvalue weighted by Gasteiger charge is 2.53. The maximum atomic E-state index is 13.9. The number of aromatic amines is 1. The maximum absolute atomic E-state index is 13.9. The van der Waals surface area contributed by atoms with Gasteiger partial charge >= 0.3 is 0 Å². The van der Waals surface area contributed by atoms with Crippen LogP contribution >= 0.6 is 0 Å². The number of pyridine rings is 1. The van der Waals surface area contributed by atoms with Crippen molar-refractivity contribution in [2.45, 2.75) is 62.9 Å². The molecule has 1 amide bonds. The number of amides is 1. The first-order valence-corrected chi connectivity index (χ1v) is 13.6. The Morgan fingerprint density at radius 1 is 1.19 bits per heavy atom. The van der Waals surface area contributed by atoms with Crippen LogP contribution in [0, 0.1) is 5.41 Å². The number of ether oxygens (including phenoxy) is 1. The van der Waals surface area contributed by atoms with Gasteiger partial charge in [-0.15, -0.1) is 0 Å². The quantitative estimate of drug-likeness (QED) is 0.534. The molecule has 1 N–H and O–H groups in total. The van der Waals surface area contributed by atoms with Crippen molar-refractivity contribution in [2.75, 3.05) is 31.2 Å². The Labute approximate surface area is 216 Å². The van der Waals surface area contributed by atoms with Crippen molar-refractivity contribution in [3.8, 4) is 0 Å². The van der Waals surface area contributed by atoms with E-state index in [1.807, 2.05) is 4.90 Å². The normalized spacial score (nSPS) is 24.0. The third-order valence-electron chi connectivity index (χ3n) is 9.44. The molecule has 2 aliphatic carbocycles. The maximum Gasteiger partial charge on any atom is 0.259 e. The SMILES string of the molecule is CC(c1cc2c(c(C3CC3)n1)CN(c1cccc(C3(Cc4ncn[nH]4)COC3)c1)C2=O)N1CC2(CC2)C1. The third-order valence-corrected chi connectivity index (χ3v) is 9.44. The number of nitrogens with one attached hydrogen (secondary N) is 1. The molecule has 2 saturated carbocycles. The number of aromatic nitrogens is 4. The fourth-order valence-corrected chi connectivity index (χ4v) is 6.59. The van der Waals surface area contributed by atoms with E-state index in [9.17, 15) is 4.79 Å². The van der Waals surface area contributed by atoms with E-state index in [0.29, 0.717) is 31.1 Å². The smallest absolute Gasteiger partial charge is 0.259 e. The molecule has 1 atom stereocenters. The van der Waals surface area contributed by atoms with E-state index in [-0.39, 0.29) is 17.4 Å². The molecule has 1 spiro atoms. The summed E-state index contributed by atoms with van der Waals surface area (Å²) in [6.45, 7) is 6.50. The van der Waals surface area contributed by atoms with E-state index >= 15 is 0 Å². The molecule has 3 aromatic rings. The topological polar surface area (TPSA) is 87.2 Å². The minimum absolute atomic E-state index is 0.0984. The number of hydrogen-bond donors (Lipinski definition) is 1. The number of rotatable bonds is 7. The van der Waals surface area contributed by atoms with Crippen molar-refractivity contribution in [3.05, 3.63) is 70.6 Å². The Kier molecular flexibility index (Phi) is 4.57. The number of nitrogens with zero attached hydrogens (tertiary/aromatic N) is 5. The van der Waals surface area contributed by atoms with Gasteiger partial charge in [-0.25, -0.2) is 4.98 Å². The lowest BCUT2D eigenvalue weighted by molar-refractivity contribution is -0.0607. The van der Waals surface area contributed by atoms with E-state index < -0.39 is 0 Å². The molecule has 1 unspecified atom stereocenters. The average Bonchev–Trinajstić information content (AvgIpc) is 3.79. The van der Waals surface area contributed by atoms with Gasteiger partial charge in [0.1, 0.15) is 12.2 Å². The molecule has 2 saturated heterocycles. The van der Waals surface area contributed by atoms with Gasteiger partial charge in [0.2, 0.25) is 0 Å². The van der Waals surface area contributed by atoms with Gasteiger partial charge in [-0.05, 0) is 61.8 Å². The Bertz CT molecular complexity index is 1380. The van der Waals surface area contributed by atoms with Gasteiger partial charge in [-0.2, -0.15) is 5.10 Å².